The highest BCUT2D eigenvalue weighted by molar-refractivity contribution is 7.09. The second kappa shape index (κ2) is 5.27. The summed E-state index contributed by atoms with van der Waals surface area (Å²) in [6.07, 6.45) is 0. The minimum atomic E-state index is -0.426. The molecule has 0 saturated heterocycles. The molecule has 3 nitrogen and oxygen atoms in total. The molecule has 0 bridgehead atoms. The average Bonchev–Trinajstić information content (AvgIpc) is 2.72. The Labute approximate surface area is 108 Å². The summed E-state index contributed by atoms with van der Waals surface area (Å²) in [5, 5.41) is 2.82. The summed E-state index contributed by atoms with van der Waals surface area (Å²) in [5.41, 5.74) is 1.15. The molecular formula is C13H12FNO2S. The maximum atomic E-state index is 13.1. The molecule has 0 fully saturated rings. The number of halogens is 1. The standard InChI is InChI=1S/C13H12FNO2S/c1-8(16)12-4-3-10(14)5-13(12)17-6-11-7-18-9(2)15-11/h3-5,7H,6H2,1-2H3. The molecule has 18 heavy (non-hydrogen) atoms. The number of hydrogen-bond donors (Lipinski definition) is 0. The first-order chi connectivity index (χ1) is 8.56. The third-order valence-corrected chi connectivity index (χ3v) is 3.19. The van der Waals surface area contributed by atoms with Crippen LogP contribution in [0.4, 0.5) is 4.39 Å². The normalized spacial score (nSPS) is 10.4. The molecule has 0 spiro atoms. The Hall–Kier alpha value is -1.75. The molecule has 5 heteroatoms. The van der Waals surface area contributed by atoms with Gasteiger partial charge >= 0.3 is 0 Å². The van der Waals surface area contributed by atoms with E-state index in [0.717, 1.165) is 10.7 Å². The number of thiazole rings is 1. The number of carbonyl (C=O) groups is 1. The highest BCUT2D eigenvalue weighted by Crippen LogP contribution is 2.22. The second-order valence-electron chi connectivity index (χ2n) is 3.84. The van der Waals surface area contributed by atoms with E-state index >= 15 is 0 Å². The summed E-state index contributed by atoms with van der Waals surface area (Å²) in [5.74, 6) is -0.322. The predicted octanol–water partition coefficient (Wildman–Crippen LogP) is 3.37. The Morgan fingerprint density at radius 2 is 2.28 bits per heavy atom. The zero-order chi connectivity index (χ0) is 13.1. The summed E-state index contributed by atoms with van der Waals surface area (Å²) in [7, 11) is 0. The van der Waals surface area contributed by atoms with Crippen molar-refractivity contribution in [1.29, 1.82) is 0 Å². The molecule has 0 amide bonds. The molecule has 0 aliphatic rings. The zero-order valence-electron chi connectivity index (χ0n) is 10.1. The Kier molecular flexibility index (Phi) is 3.72. The first kappa shape index (κ1) is 12.7. The molecule has 1 aromatic carbocycles. The number of aromatic nitrogens is 1. The van der Waals surface area contributed by atoms with Gasteiger partial charge in [0.25, 0.3) is 0 Å². The third-order valence-electron chi connectivity index (χ3n) is 2.37. The van der Waals surface area contributed by atoms with Gasteiger partial charge in [0.1, 0.15) is 18.2 Å². The zero-order valence-corrected chi connectivity index (χ0v) is 10.9. The lowest BCUT2D eigenvalue weighted by molar-refractivity contribution is 0.101. The minimum absolute atomic E-state index is 0.153. The molecule has 0 atom stereocenters. The molecule has 0 unspecified atom stereocenters. The Bertz CT molecular complexity index is 580. The van der Waals surface area contributed by atoms with E-state index in [1.807, 2.05) is 12.3 Å². The van der Waals surface area contributed by atoms with Crippen molar-refractivity contribution < 1.29 is 13.9 Å². The molecule has 1 aromatic heterocycles. The third kappa shape index (κ3) is 2.92. The van der Waals surface area contributed by atoms with Crippen LogP contribution < -0.4 is 4.74 Å². The van der Waals surface area contributed by atoms with Crippen molar-refractivity contribution in [3.8, 4) is 5.75 Å². The Balaban J connectivity index is 2.17. The van der Waals surface area contributed by atoms with Crippen molar-refractivity contribution in [2.24, 2.45) is 0 Å². The van der Waals surface area contributed by atoms with Gasteiger partial charge in [0, 0.05) is 11.4 Å². The van der Waals surface area contributed by atoms with Gasteiger partial charge in [-0.2, -0.15) is 0 Å². The molecular weight excluding hydrogens is 253 g/mol. The van der Waals surface area contributed by atoms with Crippen LogP contribution in [-0.4, -0.2) is 10.8 Å². The second-order valence-corrected chi connectivity index (χ2v) is 4.91. The van der Waals surface area contributed by atoms with E-state index in [2.05, 4.69) is 4.98 Å². The number of nitrogens with zero attached hydrogens (tertiary/aromatic N) is 1. The molecule has 0 aliphatic carbocycles. The number of benzene rings is 1. The lowest BCUT2D eigenvalue weighted by Crippen LogP contribution is -2.02. The number of ketones is 1. The molecule has 2 aromatic rings. The van der Waals surface area contributed by atoms with E-state index in [4.69, 9.17) is 4.74 Å². The number of Topliss-reactive ketones (excluding diaryl/α,β-unsaturated/α-hetero) is 1. The van der Waals surface area contributed by atoms with Crippen LogP contribution in [0.5, 0.6) is 5.75 Å². The van der Waals surface area contributed by atoms with Crippen molar-refractivity contribution in [2.75, 3.05) is 0 Å². The van der Waals surface area contributed by atoms with Crippen LogP contribution in [0.2, 0.25) is 0 Å². The molecule has 2 rings (SSSR count). The molecule has 0 N–H and O–H groups in total. The van der Waals surface area contributed by atoms with Gasteiger partial charge in [0.15, 0.2) is 5.78 Å². The summed E-state index contributed by atoms with van der Waals surface area (Å²) >= 11 is 1.52. The van der Waals surface area contributed by atoms with Crippen molar-refractivity contribution in [3.63, 3.8) is 0 Å². The first-order valence-corrected chi connectivity index (χ1v) is 6.28. The molecule has 0 radical (unpaired) electrons. The summed E-state index contributed by atoms with van der Waals surface area (Å²) in [6, 6.07) is 3.89. The number of aryl methyl sites for hydroxylation is 1. The van der Waals surface area contributed by atoms with E-state index in [1.54, 1.807) is 0 Å². The van der Waals surface area contributed by atoms with Gasteiger partial charge in [-0.25, -0.2) is 9.37 Å². The van der Waals surface area contributed by atoms with Crippen LogP contribution in [0.15, 0.2) is 23.6 Å². The van der Waals surface area contributed by atoms with Crippen LogP contribution in [-0.2, 0) is 6.61 Å². The number of rotatable bonds is 4. The van der Waals surface area contributed by atoms with Gasteiger partial charge in [-0.15, -0.1) is 11.3 Å². The van der Waals surface area contributed by atoms with E-state index in [1.165, 1.54) is 36.5 Å². The van der Waals surface area contributed by atoms with Crippen molar-refractivity contribution in [2.45, 2.75) is 20.5 Å². The summed E-state index contributed by atoms with van der Waals surface area (Å²) < 4.78 is 18.6. The van der Waals surface area contributed by atoms with Crippen molar-refractivity contribution in [1.82, 2.24) is 4.98 Å². The largest absolute Gasteiger partial charge is 0.486 e. The lowest BCUT2D eigenvalue weighted by atomic mass is 10.1. The van der Waals surface area contributed by atoms with Crippen LogP contribution in [0.3, 0.4) is 0 Å². The average molecular weight is 265 g/mol. The fraction of sp³-hybridized carbons (Fsp3) is 0.231. The van der Waals surface area contributed by atoms with Crippen molar-refractivity contribution in [3.05, 3.63) is 45.7 Å². The first-order valence-electron chi connectivity index (χ1n) is 5.40. The van der Waals surface area contributed by atoms with Gasteiger partial charge in [-0.05, 0) is 26.0 Å². The van der Waals surface area contributed by atoms with E-state index < -0.39 is 5.82 Å². The smallest absolute Gasteiger partial charge is 0.163 e. The lowest BCUT2D eigenvalue weighted by Gasteiger charge is -2.08. The van der Waals surface area contributed by atoms with E-state index in [-0.39, 0.29) is 18.1 Å². The van der Waals surface area contributed by atoms with E-state index in [9.17, 15) is 9.18 Å². The summed E-state index contributed by atoms with van der Waals surface area (Å²) in [4.78, 5) is 15.6. The minimum Gasteiger partial charge on any atom is -0.486 e. The van der Waals surface area contributed by atoms with Crippen LogP contribution in [0.25, 0.3) is 0 Å². The monoisotopic (exact) mass is 265 g/mol. The van der Waals surface area contributed by atoms with Gasteiger partial charge in [0.05, 0.1) is 16.3 Å². The fourth-order valence-electron chi connectivity index (χ4n) is 1.53. The van der Waals surface area contributed by atoms with Gasteiger partial charge in [-0.1, -0.05) is 0 Å². The fourth-order valence-corrected chi connectivity index (χ4v) is 2.13. The summed E-state index contributed by atoms with van der Waals surface area (Å²) in [6.45, 7) is 3.55. The topological polar surface area (TPSA) is 39.2 Å². The van der Waals surface area contributed by atoms with Gasteiger partial charge < -0.3 is 4.74 Å². The molecule has 0 saturated carbocycles. The maximum Gasteiger partial charge on any atom is 0.163 e. The highest BCUT2D eigenvalue weighted by atomic mass is 32.1. The predicted molar refractivity (Wildman–Crippen MR) is 67.6 cm³/mol. The van der Waals surface area contributed by atoms with Crippen LogP contribution in [0, 0.1) is 12.7 Å². The molecule has 1 heterocycles. The van der Waals surface area contributed by atoms with Crippen LogP contribution in [0.1, 0.15) is 28.0 Å². The molecule has 0 aliphatic heterocycles. The number of carbonyl (C=O) groups excluding carboxylic acids is 1. The SMILES string of the molecule is CC(=O)c1ccc(F)cc1OCc1csc(C)n1. The quantitative estimate of drug-likeness (QED) is 0.796. The Morgan fingerprint density at radius 3 is 2.89 bits per heavy atom. The van der Waals surface area contributed by atoms with Crippen molar-refractivity contribution >= 4 is 17.1 Å². The van der Waals surface area contributed by atoms with E-state index in [0.29, 0.717) is 5.56 Å². The number of hydrogen-bond acceptors (Lipinski definition) is 4. The number of ether oxygens (including phenoxy) is 1. The maximum absolute atomic E-state index is 13.1. The van der Waals surface area contributed by atoms with Gasteiger partial charge in [-0.3, -0.25) is 4.79 Å². The van der Waals surface area contributed by atoms with Gasteiger partial charge in [0.2, 0.25) is 0 Å². The highest BCUT2D eigenvalue weighted by Gasteiger charge is 2.10. The molecule has 94 valence electrons. The van der Waals surface area contributed by atoms with Crippen LogP contribution >= 0.6 is 11.3 Å². The Morgan fingerprint density at radius 1 is 1.50 bits per heavy atom.